The molecule has 0 amide bonds. The van der Waals surface area contributed by atoms with Gasteiger partial charge in [0.2, 0.25) is 0 Å². The second-order valence-electron chi connectivity index (χ2n) is 2.58. The van der Waals surface area contributed by atoms with Crippen LogP contribution in [0, 0.1) is 0 Å². The third kappa shape index (κ3) is 1.35. The molecule has 1 aromatic carbocycles. The Morgan fingerprint density at radius 1 is 0.917 bits per heavy atom. The fourth-order valence-electron chi connectivity index (χ4n) is 1.14. The second-order valence-corrected chi connectivity index (χ2v) is 2.58. The summed E-state index contributed by atoms with van der Waals surface area (Å²) in [6.07, 6.45) is 9.78. The van der Waals surface area contributed by atoms with Crippen LogP contribution in [0.25, 0.3) is 6.08 Å². The standard InChI is InChI=1S/C11H9N/c1-2-6-10-7-3-4-8-11(10)12-9-5-1/h1-9H/b2-1?,5-1-,6-2-,9-5?,10-6?,12-9?,12-11?. The zero-order valence-electron chi connectivity index (χ0n) is 6.64. The van der Waals surface area contributed by atoms with Crippen LogP contribution in [-0.2, 0) is 0 Å². The van der Waals surface area contributed by atoms with Gasteiger partial charge in [-0.1, -0.05) is 36.4 Å². The number of hydrogen-bond acceptors (Lipinski definition) is 1. The van der Waals surface area contributed by atoms with E-state index in [0.29, 0.717) is 0 Å². The SMILES string of the molecule is C1=Nc2ccccc2/C=C\C=C/1. The minimum atomic E-state index is 1.03. The molecule has 0 N–H and O–H groups in total. The molecule has 0 saturated carbocycles. The maximum Gasteiger partial charge on any atom is 0.0701 e. The third-order valence-electron chi connectivity index (χ3n) is 1.73. The molecule has 2 rings (SSSR count). The molecule has 0 spiro atoms. The minimum Gasteiger partial charge on any atom is -0.256 e. The monoisotopic (exact) mass is 155 g/mol. The molecule has 0 fully saturated rings. The summed E-state index contributed by atoms with van der Waals surface area (Å²) in [6.45, 7) is 0. The van der Waals surface area contributed by atoms with E-state index < -0.39 is 0 Å². The molecule has 0 radical (unpaired) electrons. The Balaban J connectivity index is 2.54. The van der Waals surface area contributed by atoms with E-state index in [4.69, 9.17) is 0 Å². The average Bonchev–Trinajstić information content (AvgIpc) is 2.06. The van der Waals surface area contributed by atoms with E-state index in [2.05, 4.69) is 17.1 Å². The van der Waals surface area contributed by atoms with Crippen molar-refractivity contribution >= 4 is 18.0 Å². The summed E-state index contributed by atoms with van der Waals surface area (Å²) in [6, 6.07) is 8.08. The van der Waals surface area contributed by atoms with E-state index in [9.17, 15) is 0 Å². The molecular formula is C11H9N. The van der Waals surface area contributed by atoms with Gasteiger partial charge in [0.05, 0.1) is 5.69 Å². The number of hydrogen-bond donors (Lipinski definition) is 0. The number of allylic oxidation sites excluding steroid dienone is 3. The largest absolute Gasteiger partial charge is 0.256 e. The molecule has 0 aliphatic carbocycles. The summed E-state index contributed by atoms with van der Waals surface area (Å²) in [5.74, 6) is 0. The molecule has 0 unspecified atom stereocenters. The predicted octanol–water partition coefficient (Wildman–Crippen LogP) is 2.97. The molecule has 12 heavy (non-hydrogen) atoms. The van der Waals surface area contributed by atoms with E-state index in [1.54, 1.807) is 0 Å². The summed E-state index contributed by atoms with van der Waals surface area (Å²) in [4.78, 5) is 4.28. The average molecular weight is 155 g/mol. The van der Waals surface area contributed by atoms with Crippen molar-refractivity contribution in [2.75, 3.05) is 0 Å². The molecule has 0 bridgehead atoms. The number of fused-ring (bicyclic) bond motifs is 1. The number of benzene rings is 1. The van der Waals surface area contributed by atoms with Crippen LogP contribution in [0.3, 0.4) is 0 Å². The highest BCUT2D eigenvalue weighted by atomic mass is 14.7. The minimum absolute atomic E-state index is 1.03. The third-order valence-corrected chi connectivity index (χ3v) is 1.73. The van der Waals surface area contributed by atoms with Gasteiger partial charge in [0.1, 0.15) is 0 Å². The topological polar surface area (TPSA) is 12.4 Å². The van der Waals surface area contributed by atoms with Crippen molar-refractivity contribution < 1.29 is 0 Å². The van der Waals surface area contributed by atoms with Crippen LogP contribution in [0.2, 0.25) is 0 Å². The second kappa shape index (κ2) is 3.18. The van der Waals surface area contributed by atoms with E-state index in [0.717, 1.165) is 11.3 Å². The van der Waals surface area contributed by atoms with Crippen molar-refractivity contribution in [3.8, 4) is 0 Å². The van der Waals surface area contributed by atoms with Crippen LogP contribution in [0.5, 0.6) is 0 Å². The van der Waals surface area contributed by atoms with E-state index >= 15 is 0 Å². The molecule has 58 valence electrons. The molecule has 1 aromatic rings. The first kappa shape index (κ1) is 7.04. The highest BCUT2D eigenvalue weighted by molar-refractivity contribution is 5.79. The van der Waals surface area contributed by atoms with Crippen molar-refractivity contribution in [3.05, 3.63) is 48.1 Å². The van der Waals surface area contributed by atoms with Gasteiger partial charge in [0, 0.05) is 11.8 Å². The van der Waals surface area contributed by atoms with Crippen LogP contribution in [0.15, 0.2) is 47.5 Å². The summed E-state index contributed by atoms with van der Waals surface area (Å²) >= 11 is 0. The van der Waals surface area contributed by atoms with Gasteiger partial charge in [-0.2, -0.15) is 0 Å². The predicted molar refractivity (Wildman–Crippen MR) is 52.8 cm³/mol. The van der Waals surface area contributed by atoms with Crippen LogP contribution in [0.4, 0.5) is 5.69 Å². The van der Waals surface area contributed by atoms with Gasteiger partial charge in [0.15, 0.2) is 0 Å². The molecular weight excluding hydrogens is 146 g/mol. The van der Waals surface area contributed by atoms with Gasteiger partial charge >= 0.3 is 0 Å². The normalized spacial score (nSPS) is 19.0. The summed E-state index contributed by atoms with van der Waals surface area (Å²) in [5, 5.41) is 0. The van der Waals surface area contributed by atoms with E-state index in [-0.39, 0.29) is 0 Å². The molecule has 1 heterocycles. The Hall–Kier alpha value is -1.63. The van der Waals surface area contributed by atoms with Gasteiger partial charge < -0.3 is 0 Å². The van der Waals surface area contributed by atoms with Crippen LogP contribution in [-0.4, -0.2) is 6.21 Å². The smallest absolute Gasteiger partial charge is 0.0701 e. The maximum absolute atomic E-state index is 4.28. The van der Waals surface area contributed by atoms with Gasteiger partial charge in [-0.05, 0) is 12.1 Å². The van der Waals surface area contributed by atoms with Crippen molar-refractivity contribution in [2.24, 2.45) is 4.99 Å². The number of aliphatic imine (C=N–C) groups is 1. The van der Waals surface area contributed by atoms with Crippen molar-refractivity contribution in [2.45, 2.75) is 0 Å². The highest BCUT2D eigenvalue weighted by Gasteiger charge is 1.94. The van der Waals surface area contributed by atoms with Gasteiger partial charge in [0.25, 0.3) is 0 Å². The summed E-state index contributed by atoms with van der Waals surface area (Å²) in [5.41, 5.74) is 2.19. The first-order valence-corrected chi connectivity index (χ1v) is 3.93. The van der Waals surface area contributed by atoms with Crippen molar-refractivity contribution in [3.63, 3.8) is 0 Å². The van der Waals surface area contributed by atoms with Crippen LogP contribution in [0.1, 0.15) is 5.56 Å². The lowest BCUT2D eigenvalue weighted by Crippen LogP contribution is -1.76. The lowest BCUT2D eigenvalue weighted by Gasteiger charge is -1.99. The van der Waals surface area contributed by atoms with E-state index in [1.165, 1.54) is 0 Å². The lowest BCUT2D eigenvalue weighted by molar-refractivity contribution is 1.51. The fraction of sp³-hybridized carbons (Fsp3) is 0. The molecule has 1 heteroatoms. The van der Waals surface area contributed by atoms with Gasteiger partial charge in [-0.3, -0.25) is 4.99 Å². The van der Waals surface area contributed by atoms with Crippen LogP contribution >= 0.6 is 0 Å². The molecule has 0 saturated heterocycles. The first-order valence-electron chi connectivity index (χ1n) is 3.93. The number of rotatable bonds is 0. The summed E-state index contributed by atoms with van der Waals surface area (Å²) in [7, 11) is 0. The maximum atomic E-state index is 4.28. The van der Waals surface area contributed by atoms with Gasteiger partial charge in [-0.25, -0.2) is 0 Å². The first-order chi connectivity index (χ1) is 5.97. The Morgan fingerprint density at radius 2 is 1.83 bits per heavy atom. The summed E-state index contributed by atoms with van der Waals surface area (Å²) < 4.78 is 0. The Morgan fingerprint density at radius 3 is 2.83 bits per heavy atom. The van der Waals surface area contributed by atoms with Crippen LogP contribution < -0.4 is 0 Å². The molecule has 1 aliphatic rings. The van der Waals surface area contributed by atoms with Crippen molar-refractivity contribution in [1.82, 2.24) is 0 Å². The van der Waals surface area contributed by atoms with Crippen molar-refractivity contribution in [1.29, 1.82) is 0 Å². The zero-order valence-corrected chi connectivity index (χ0v) is 6.64. The van der Waals surface area contributed by atoms with E-state index in [1.807, 2.05) is 42.6 Å². The Bertz CT molecular complexity index is 324. The molecule has 0 aromatic heterocycles. The quantitative estimate of drug-likeness (QED) is 0.546. The number of para-hydroxylation sites is 1. The molecule has 0 atom stereocenters. The Kier molecular flexibility index (Phi) is 1.87. The highest BCUT2D eigenvalue weighted by Crippen LogP contribution is 2.20. The fourth-order valence-corrected chi connectivity index (χ4v) is 1.14. The van der Waals surface area contributed by atoms with Gasteiger partial charge in [-0.15, -0.1) is 0 Å². The Labute approximate surface area is 71.8 Å². The number of nitrogens with zero attached hydrogens (tertiary/aromatic N) is 1. The lowest BCUT2D eigenvalue weighted by atomic mass is 10.1. The zero-order chi connectivity index (χ0) is 8.23. The molecule has 1 aliphatic heterocycles. The molecule has 1 nitrogen and oxygen atoms in total.